The minimum Gasteiger partial charge on any atom is -0.481 e. The number of aliphatic hydroxyl groups is 1. The van der Waals surface area contributed by atoms with Crippen molar-refractivity contribution in [2.45, 2.75) is 57.4 Å². The number of unbranched alkanes of at least 4 members (excludes halogenated alkanes) is 3. The topological polar surface area (TPSA) is 74.6 Å². The third-order valence-corrected chi connectivity index (χ3v) is 3.03. The van der Waals surface area contributed by atoms with E-state index in [9.17, 15) is 14.7 Å². The van der Waals surface area contributed by atoms with Gasteiger partial charge < -0.3 is 14.7 Å². The van der Waals surface area contributed by atoms with E-state index in [1.165, 1.54) is 0 Å². The van der Waals surface area contributed by atoms with Gasteiger partial charge in [0.25, 0.3) is 0 Å². The fourth-order valence-corrected chi connectivity index (χ4v) is 2.27. The van der Waals surface area contributed by atoms with E-state index in [2.05, 4.69) is 0 Å². The lowest BCUT2D eigenvalue weighted by atomic mass is 9.89. The summed E-state index contributed by atoms with van der Waals surface area (Å²) >= 11 is 0. The van der Waals surface area contributed by atoms with Crippen LogP contribution < -0.4 is 0 Å². The minimum atomic E-state index is -1.91. The van der Waals surface area contributed by atoms with E-state index in [0.29, 0.717) is 25.7 Å². The summed E-state index contributed by atoms with van der Waals surface area (Å²) in [5, 5.41) is 19.4. The molecule has 0 aliphatic carbocycles. The van der Waals surface area contributed by atoms with Gasteiger partial charge in [-0.05, 0) is 6.42 Å². The highest BCUT2D eigenvalue weighted by Gasteiger charge is 2.42. The molecule has 1 atom stereocenters. The number of carboxylic acid groups (broad SMARTS) is 1. The first-order valence-electron chi connectivity index (χ1n) is 8.53. The number of likely N-dealkylation sites (N-methyl/N-ethyl adjacent to an activating group) is 1. The quantitative estimate of drug-likeness (QED) is 0.450. The maximum absolute atomic E-state index is 12.3. The largest absolute Gasteiger partial charge is 0.481 e. The van der Waals surface area contributed by atoms with Crippen LogP contribution in [0.2, 0.25) is 0 Å². The normalized spacial score (nSPS) is 17.7. The molecule has 2 N–H and O–H groups in total. The van der Waals surface area contributed by atoms with Crippen LogP contribution in [0.5, 0.6) is 0 Å². The standard InChI is InChI=1S/C15H29NO4/c1-5-6-7-8-9-10-13(17)15(20,11-14(18)19)12-16(2,3)4/h20H,5-12H2,1-4H3/p+1/i1D3. The highest BCUT2D eigenvalue weighted by Crippen LogP contribution is 2.19. The van der Waals surface area contributed by atoms with Crippen molar-refractivity contribution in [2.75, 3.05) is 27.7 Å². The smallest absolute Gasteiger partial charge is 0.306 e. The van der Waals surface area contributed by atoms with Crippen LogP contribution in [-0.2, 0) is 9.59 Å². The molecule has 0 saturated heterocycles. The van der Waals surface area contributed by atoms with Crippen LogP contribution >= 0.6 is 0 Å². The Morgan fingerprint density at radius 2 is 1.75 bits per heavy atom. The molecule has 5 heteroatoms. The molecule has 0 aliphatic heterocycles. The van der Waals surface area contributed by atoms with Crippen LogP contribution in [0.3, 0.4) is 0 Å². The summed E-state index contributed by atoms with van der Waals surface area (Å²) in [7, 11) is 5.36. The van der Waals surface area contributed by atoms with Crippen molar-refractivity contribution in [1.29, 1.82) is 0 Å². The fourth-order valence-electron chi connectivity index (χ4n) is 2.27. The second-order valence-electron chi connectivity index (χ2n) is 6.39. The summed E-state index contributed by atoms with van der Waals surface area (Å²) in [5.74, 6) is -1.66. The van der Waals surface area contributed by atoms with Crippen molar-refractivity contribution >= 4 is 11.8 Å². The summed E-state index contributed by atoms with van der Waals surface area (Å²) in [5.41, 5.74) is -1.86. The van der Waals surface area contributed by atoms with Crippen LogP contribution in [-0.4, -0.2) is 59.7 Å². The summed E-state index contributed by atoms with van der Waals surface area (Å²) in [4.78, 5) is 23.2. The second-order valence-corrected chi connectivity index (χ2v) is 6.39. The molecule has 0 aromatic rings. The third-order valence-electron chi connectivity index (χ3n) is 3.03. The van der Waals surface area contributed by atoms with Crippen molar-refractivity contribution in [3.63, 3.8) is 0 Å². The van der Waals surface area contributed by atoms with E-state index in [1.807, 2.05) is 0 Å². The molecule has 5 nitrogen and oxygen atoms in total. The third kappa shape index (κ3) is 8.27. The zero-order chi connectivity index (χ0) is 18.3. The number of Topliss-reactive ketones (excluding diaryl/α,β-unsaturated/α-hetero) is 1. The minimum absolute atomic E-state index is 0.0389. The molecule has 0 fully saturated rings. The molecule has 118 valence electrons. The Morgan fingerprint density at radius 3 is 2.25 bits per heavy atom. The zero-order valence-corrected chi connectivity index (χ0v) is 12.8. The van der Waals surface area contributed by atoms with E-state index in [1.54, 1.807) is 21.1 Å². The molecule has 0 spiro atoms. The number of ketones is 1. The van der Waals surface area contributed by atoms with Gasteiger partial charge in [0.15, 0.2) is 11.4 Å². The second kappa shape index (κ2) is 8.37. The SMILES string of the molecule is [2H]C([2H])([2H])CCCCCCC(=O)C(O)(CC(=O)O)C[N+](C)(C)C. The van der Waals surface area contributed by atoms with E-state index in [0.717, 1.165) is 0 Å². The van der Waals surface area contributed by atoms with Gasteiger partial charge in [-0.3, -0.25) is 9.59 Å². The van der Waals surface area contributed by atoms with Gasteiger partial charge in [0.2, 0.25) is 0 Å². The monoisotopic (exact) mass is 291 g/mol. The van der Waals surface area contributed by atoms with Crippen molar-refractivity contribution < 1.29 is 28.4 Å². The van der Waals surface area contributed by atoms with Gasteiger partial charge in [-0.25, -0.2) is 0 Å². The van der Waals surface area contributed by atoms with Gasteiger partial charge in [0.1, 0.15) is 6.54 Å². The average Bonchev–Trinajstić information content (AvgIpc) is 2.28. The first-order valence-corrected chi connectivity index (χ1v) is 7.03. The Labute approximate surface area is 126 Å². The van der Waals surface area contributed by atoms with Gasteiger partial charge in [0, 0.05) is 10.5 Å². The summed E-state index contributed by atoms with van der Waals surface area (Å²) < 4.78 is 21.6. The van der Waals surface area contributed by atoms with Gasteiger partial charge in [0.05, 0.1) is 27.6 Å². The molecular formula is C15H30NO4+. The lowest BCUT2D eigenvalue weighted by molar-refractivity contribution is -0.875. The summed E-state index contributed by atoms with van der Waals surface area (Å²) in [6, 6.07) is 0. The van der Waals surface area contributed by atoms with Gasteiger partial charge in [-0.2, -0.15) is 0 Å². The first-order chi connectivity index (χ1) is 10.3. The molecular weight excluding hydrogens is 258 g/mol. The average molecular weight is 291 g/mol. The number of aliphatic carboxylic acids is 1. The van der Waals surface area contributed by atoms with Gasteiger partial charge >= 0.3 is 5.97 Å². The van der Waals surface area contributed by atoms with Gasteiger partial charge in [-0.1, -0.05) is 32.5 Å². The number of hydrogen-bond donors (Lipinski definition) is 2. The lowest BCUT2D eigenvalue weighted by Gasteiger charge is -2.33. The highest BCUT2D eigenvalue weighted by molar-refractivity contribution is 5.90. The molecule has 0 aromatic carbocycles. The van der Waals surface area contributed by atoms with E-state index in [4.69, 9.17) is 9.22 Å². The lowest BCUT2D eigenvalue weighted by Crippen LogP contribution is -2.54. The maximum Gasteiger partial charge on any atom is 0.306 e. The molecule has 0 aliphatic rings. The number of hydrogen-bond acceptors (Lipinski definition) is 3. The Balaban J connectivity index is 4.37. The number of nitrogens with zero attached hydrogens (tertiary/aromatic N) is 1. The number of quaternary nitrogens is 1. The Hall–Kier alpha value is -0.940. The van der Waals surface area contributed by atoms with Crippen LogP contribution in [0.4, 0.5) is 0 Å². The summed E-state index contributed by atoms with van der Waals surface area (Å²) in [6.07, 6.45) is 2.17. The molecule has 0 aromatic heterocycles. The molecule has 0 amide bonds. The number of carboxylic acids is 1. The molecule has 0 radical (unpaired) electrons. The first kappa shape index (κ1) is 14.0. The van der Waals surface area contributed by atoms with Crippen LogP contribution in [0.25, 0.3) is 0 Å². The number of carbonyl (C=O) groups is 2. The van der Waals surface area contributed by atoms with E-state index in [-0.39, 0.29) is 23.9 Å². The number of rotatable bonds is 11. The predicted octanol–water partition coefficient (Wildman–Crippen LogP) is 1.83. The van der Waals surface area contributed by atoms with Crippen molar-refractivity contribution in [1.82, 2.24) is 0 Å². The molecule has 1 unspecified atom stereocenters. The predicted molar refractivity (Wildman–Crippen MR) is 78.5 cm³/mol. The van der Waals surface area contributed by atoms with Crippen molar-refractivity contribution in [3.05, 3.63) is 0 Å². The Morgan fingerprint density at radius 1 is 1.15 bits per heavy atom. The van der Waals surface area contributed by atoms with Gasteiger partial charge in [-0.15, -0.1) is 0 Å². The van der Waals surface area contributed by atoms with Crippen LogP contribution in [0.15, 0.2) is 0 Å². The molecule has 0 rings (SSSR count). The fraction of sp³-hybridized carbons (Fsp3) is 0.867. The zero-order valence-electron chi connectivity index (χ0n) is 15.8. The van der Waals surface area contributed by atoms with Crippen molar-refractivity contribution in [2.24, 2.45) is 0 Å². The summed E-state index contributed by atoms with van der Waals surface area (Å²) in [6.45, 7) is -1.88. The molecule has 20 heavy (non-hydrogen) atoms. The maximum atomic E-state index is 12.3. The molecule has 0 bridgehead atoms. The van der Waals surface area contributed by atoms with E-state index < -0.39 is 30.6 Å². The Bertz CT molecular complexity index is 405. The molecule has 0 saturated carbocycles. The van der Waals surface area contributed by atoms with Crippen LogP contribution in [0, 0.1) is 0 Å². The van der Waals surface area contributed by atoms with Crippen molar-refractivity contribution in [3.8, 4) is 0 Å². The Kier molecular flexibility index (Phi) is 5.87. The highest BCUT2D eigenvalue weighted by atomic mass is 16.4. The van der Waals surface area contributed by atoms with E-state index >= 15 is 0 Å². The number of carbonyl (C=O) groups excluding carboxylic acids is 1. The van der Waals surface area contributed by atoms with Crippen LogP contribution in [0.1, 0.15) is 55.9 Å². The molecule has 0 heterocycles.